The van der Waals surface area contributed by atoms with Gasteiger partial charge in [0.1, 0.15) is 0 Å². The highest BCUT2D eigenvalue weighted by Gasteiger charge is 2.12. The van der Waals surface area contributed by atoms with Gasteiger partial charge in [-0.05, 0) is 31.2 Å². The highest BCUT2D eigenvalue weighted by Crippen LogP contribution is 2.16. The summed E-state index contributed by atoms with van der Waals surface area (Å²) in [6, 6.07) is 9.36. The zero-order valence-electron chi connectivity index (χ0n) is 7.74. The van der Waals surface area contributed by atoms with Crippen molar-refractivity contribution in [2.24, 2.45) is 0 Å². The second kappa shape index (κ2) is 5.28. The third-order valence-electron chi connectivity index (χ3n) is 1.79. The first-order valence-corrected chi connectivity index (χ1v) is 6.19. The van der Waals surface area contributed by atoms with Crippen LogP contribution in [-0.4, -0.2) is 9.46 Å². The highest BCUT2D eigenvalue weighted by molar-refractivity contribution is 9.10. The summed E-state index contributed by atoms with van der Waals surface area (Å²) in [5.41, 5.74) is 0. The predicted molar refractivity (Wildman–Crippen MR) is 60.2 cm³/mol. The van der Waals surface area contributed by atoms with Gasteiger partial charge in [0.2, 0.25) is 0 Å². The number of benzene rings is 1. The summed E-state index contributed by atoms with van der Waals surface area (Å²) in [4.78, 5) is 0.774. The van der Waals surface area contributed by atoms with Gasteiger partial charge in [-0.2, -0.15) is 5.26 Å². The molecular weight excluding hydrogens is 262 g/mol. The van der Waals surface area contributed by atoms with Crippen molar-refractivity contribution >= 4 is 26.7 Å². The summed E-state index contributed by atoms with van der Waals surface area (Å²) in [7, 11) is -1.08. The van der Waals surface area contributed by atoms with Crippen LogP contribution in [0.25, 0.3) is 0 Å². The Hall–Kier alpha value is -0.660. The molecule has 0 saturated heterocycles. The number of hydrogen-bond donors (Lipinski definition) is 0. The van der Waals surface area contributed by atoms with E-state index in [2.05, 4.69) is 15.9 Å². The van der Waals surface area contributed by atoms with Gasteiger partial charge < -0.3 is 0 Å². The molecule has 0 bridgehead atoms. The molecular formula is C10H10BrNOS. The lowest BCUT2D eigenvalue weighted by molar-refractivity contribution is 0.673. The Balaban J connectivity index is 2.80. The molecule has 0 saturated carbocycles. The molecule has 0 aromatic heterocycles. The maximum Gasteiger partial charge on any atom is 0.0634 e. The van der Waals surface area contributed by atoms with E-state index in [-0.39, 0.29) is 5.25 Å². The number of halogens is 1. The monoisotopic (exact) mass is 271 g/mol. The SMILES string of the molecule is CC(CC#N)S(=O)c1ccc(Br)cc1. The molecule has 14 heavy (non-hydrogen) atoms. The molecule has 0 heterocycles. The fourth-order valence-electron chi connectivity index (χ4n) is 1.01. The van der Waals surface area contributed by atoms with E-state index in [9.17, 15) is 4.21 Å². The van der Waals surface area contributed by atoms with Crippen LogP contribution in [0.4, 0.5) is 0 Å². The minimum atomic E-state index is -1.08. The summed E-state index contributed by atoms with van der Waals surface area (Å²) < 4.78 is 12.8. The van der Waals surface area contributed by atoms with E-state index in [1.807, 2.05) is 37.3 Å². The van der Waals surface area contributed by atoms with Crippen molar-refractivity contribution < 1.29 is 4.21 Å². The quantitative estimate of drug-likeness (QED) is 0.848. The molecule has 0 amide bonds. The molecule has 0 N–H and O–H groups in total. The van der Waals surface area contributed by atoms with Gasteiger partial charge in [-0.25, -0.2) is 0 Å². The van der Waals surface area contributed by atoms with Gasteiger partial charge in [-0.3, -0.25) is 4.21 Å². The molecule has 0 aliphatic rings. The average molecular weight is 272 g/mol. The number of hydrogen-bond acceptors (Lipinski definition) is 2. The van der Waals surface area contributed by atoms with Gasteiger partial charge in [0.05, 0.1) is 16.9 Å². The second-order valence-corrected chi connectivity index (χ2v) is 5.71. The van der Waals surface area contributed by atoms with Crippen LogP contribution in [0.2, 0.25) is 0 Å². The van der Waals surface area contributed by atoms with Gasteiger partial charge in [0, 0.05) is 21.0 Å². The first kappa shape index (κ1) is 11.4. The molecule has 0 aliphatic heterocycles. The molecule has 1 aromatic carbocycles. The van der Waals surface area contributed by atoms with Crippen LogP contribution in [0.3, 0.4) is 0 Å². The molecule has 2 unspecified atom stereocenters. The molecule has 0 spiro atoms. The smallest absolute Gasteiger partial charge is 0.0634 e. The van der Waals surface area contributed by atoms with Crippen LogP contribution in [0, 0.1) is 11.3 Å². The van der Waals surface area contributed by atoms with Gasteiger partial charge in [-0.1, -0.05) is 15.9 Å². The number of nitriles is 1. The zero-order valence-corrected chi connectivity index (χ0v) is 10.1. The van der Waals surface area contributed by atoms with Crippen molar-refractivity contribution in [2.75, 3.05) is 0 Å². The van der Waals surface area contributed by atoms with Gasteiger partial charge in [0.25, 0.3) is 0 Å². The fourth-order valence-corrected chi connectivity index (χ4v) is 2.36. The Bertz CT molecular complexity index is 369. The topological polar surface area (TPSA) is 40.9 Å². The van der Waals surface area contributed by atoms with Crippen LogP contribution < -0.4 is 0 Å². The Morgan fingerprint density at radius 3 is 2.57 bits per heavy atom. The normalized spacial score (nSPS) is 14.4. The summed E-state index contributed by atoms with van der Waals surface area (Å²) >= 11 is 3.31. The maximum absolute atomic E-state index is 11.8. The lowest BCUT2D eigenvalue weighted by Crippen LogP contribution is -2.09. The van der Waals surface area contributed by atoms with Crippen molar-refractivity contribution in [3.05, 3.63) is 28.7 Å². The van der Waals surface area contributed by atoms with E-state index in [0.717, 1.165) is 9.37 Å². The largest absolute Gasteiger partial charge is 0.254 e. The molecule has 4 heteroatoms. The van der Waals surface area contributed by atoms with E-state index in [0.29, 0.717) is 6.42 Å². The van der Waals surface area contributed by atoms with E-state index in [1.165, 1.54) is 0 Å². The Morgan fingerprint density at radius 1 is 1.50 bits per heavy atom. The molecule has 0 aliphatic carbocycles. The fraction of sp³-hybridized carbons (Fsp3) is 0.300. The average Bonchev–Trinajstić information content (AvgIpc) is 2.18. The Morgan fingerprint density at radius 2 is 2.07 bits per heavy atom. The lowest BCUT2D eigenvalue weighted by atomic mass is 10.4. The van der Waals surface area contributed by atoms with Crippen LogP contribution in [-0.2, 0) is 10.8 Å². The van der Waals surface area contributed by atoms with E-state index >= 15 is 0 Å². The van der Waals surface area contributed by atoms with Crippen molar-refractivity contribution in [3.8, 4) is 6.07 Å². The van der Waals surface area contributed by atoms with E-state index in [4.69, 9.17) is 5.26 Å². The molecule has 74 valence electrons. The minimum Gasteiger partial charge on any atom is -0.254 e. The Kier molecular flexibility index (Phi) is 4.30. The summed E-state index contributed by atoms with van der Waals surface area (Å²) in [6.07, 6.45) is 0.322. The van der Waals surface area contributed by atoms with Crippen LogP contribution >= 0.6 is 15.9 Å². The molecule has 0 fully saturated rings. The van der Waals surface area contributed by atoms with Crippen LogP contribution in [0.1, 0.15) is 13.3 Å². The van der Waals surface area contributed by atoms with Gasteiger partial charge >= 0.3 is 0 Å². The van der Waals surface area contributed by atoms with Crippen molar-refractivity contribution in [1.82, 2.24) is 0 Å². The minimum absolute atomic E-state index is 0.110. The van der Waals surface area contributed by atoms with Crippen LogP contribution in [0.5, 0.6) is 0 Å². The molecule has 1 aromatic rings. The number of nitrogens with zero attached hydrogens (tertiary/aromatic N) is 1. The highest BCUT2D eigenvalue weighted by atomic mass is 79.9. The number of rotatable bonds is 3. The summed E-state index contributed by atoms with van der Waals surface area (Å²) in [5, 5.41) is 8.37. The second-order valence-electron chi connectivity index (χ2n) is 2.92. The van der Waals surface area contributed by atoms with E-state index in [1.54, 1.807) is 0 Å². The zero-order chi connectivity index (χ0) is 10.6. The van der Waals surface area contributed by atoms with Crippen molar-refractivity contribution in [2.45, 2.75) is 23.5 Å². The molecule has 0 radical (unpaired) electrons. The standard InChI is InChI=1S/C10H10BrNOS/c1-8(6-7-12)14(13)10-4-2-9(11)3-5-10/h2-5,8H,6H2,1H3. The predicted octanol–water partition coefficient (Wildman–Crippen LogP) is 2.86. The Labute approximate surface area is 94.5 Å². The first-order chi connectivity index (χ1) is 6.65. The van der Waals surface area contributed by atoms with Crippen molar-refractivity contribution in [3.63, 3.8) is 0 Å². The lowest BCUT2D eigenvalue weighted by Gasteiger charge is -2.06. The summed E-state index contributed by atoms with van der Waals surface area (Å²) in [6.45, 7) is 1.82. The molecule has 2 atom stereocenters. The first-order valence-electron chi connectivity index (χ1n) is 4.18. The molecule has 2 nitrogen and oxygen atoms in total. The van der Waals surface area contributed by atoms with E-state index < -0.39 is 10.8 Å². The van der Waals surface area contributed by atoms with Gasteiger partial charge in [0.15, 0.2) is 0 Å². The summed E-state index contributed by atoms with van der Waals surface area (Å²) in [5.74, 6) is 0. The molecule has 1 rings (SSSR count). The van der Waals surface area contributed by atoms with Crippen LogP contribution in [0.15, 0.2) is 33.6 Å². The maximum atomic E-state index is 11.8. The third kappa shape index (κ3) is 2.93. The third-order valence-corrected chi connectivity index (χ3v) is 3.95. The van der Waals surface area contributed by atoms with Crippen molar-refractivity contribution in [1.29, 1.82) is 5.26 Å². The van der Waals surface area contributed by atoms with Gasteiger partial charge in [-0.15, -0.1) is 0 Å².